The van der Waals surface area contributed by atoms with Crippen molar-refractivity contribution in [3.8, 4) is 11.3 Å². The number of sulfonamides is 1. The zero-order valence-corrected chi connectivity index (χ0v) is 23.6. The number of rotatable bonds is 10. The van der Waals surface area contributed by atoms with Gasteiger partial charge in [0.15, 0.2) is 0 Å². The van der Waals surface area contributed by atoms with Crippen molar-refractivity contribution in [1.82, 2.24) is 5.16 Å². The van der Waals surface area contributed by atoms with Crippen LogP contribution in [0.1, 0.15) is 19.6 Å². The molecule has 0 fully saturated rings. The highest BCUT2D eigenvalue weighted by Crippen LogP contribution is 2.50. The van der Waals surface area contributed by atoms with Crippen LogP contribution in [-0.4, -0.2) is 33.1 Å². The van der Waals surface area contributed by atoms with Crippen LogP contribution in [0.3, 0.4) is 0 Å². The molecule has 196 valence electrons. The summed E-state index contributed by atoms with van der Waals surface area (Å²) in [5, 5.41) is 5.96. The van der Waals surface area contributed by atoms with Crippen LogP contribution in [0.2, 0.25) is 10.0 Å². The Morgan fingerprint density at radius 3 is 2.14 bits per heavy atom. The van der Waals surface area contributed by atoms with Gasteiger partial charge in [-0.25, -0.2) is 8.42 Å². The van der Waals surface area contributed by atoms with Crippen molar-refractivity contribution in [3.05, 3.63) is 76.5 Å². The molecule has 1 heterocycles. The van der Waals surface area contributed by atoms with Crippen molar-refractivity contribution >= 4 is 57.3 Å². The Hall–Kier alpha value is -2.39. The Kier molecular flexibility index (Phi) is 8.33. The van der Waals surface area contributed by atoms with Gasteiger partial charge in [-0.05, 0) is 67.9 Å². The first-order chi connectivity index (χ1) is 17.5. The second kappa shape index (κ2) is 11.2. The first-order valence-electron chi connectivity index (χ1n) is 11.4. The van der Waals surface area contributed by atoms with Gasteiger partial charge in [0.1, 0.15) is 17.7 Å². The normalized spacial score (nSPS) is 12.2. The number of hydrogen-bond acceptors (Lipinski definition) is 7. The summed E-state index contributed by atoms with van der Waals surface area (Å²) in [5.74, 6) is 0.695. The van der Waals surface area contributed by atoms with Crippen LogP contribution in [-0.2, 0) is 23.6 Å². The lowest BCUT2D eigenvalue weighted by molar-refractivity contribution is 0.221. The SMILES string of the molecule is CCOP(=O)(CN(c1ccc2cc(-c3cc(C)on3)ccc2c1)S(=O)(=O)c1cc(Cl)cc(Cl)c1)OCC. The molecule has 0 saturated heterocycles. The van der Waals surface area contributed by atoms with E-state index in [1.54, 1.807) is 32.0 Å². The molecule has 3 aromatic carbocycles. The number of fused-ring (bicyclic) bond motifs is 1. The maximum absolute atomic E-state index is 13.9. The van der Waals surface area contributed by atoms with E-state index in [4.69, 9.17) is 36.8 Å². The summed E-state index contributed by atoms with van der Waals surface area (Å²) in [5.41, 5.74) is 1.82. The number of aryl methyl sites for hydroxylation is 1. The van der Waals surface area contributed by atoms with E-state index in [1.165, 1.54) is 18.2 Å². The zero-order valence-electron chi connectivity index (χ0n) is 20.4. The summed E-state index contributed by atoms with van der Waals surface area (Å²) in [6.07, 6.45) is -0.539. The van der Waals surface area contributed by atoms with Gasteiger partial charge in [-0.1, -0.05) is 46.6 Å². The van der Waals surface area contributed by atoms with Crippen LogP contribution in [0.5, 0.6) is 0 Å². The van der Waals surface area contributed by atoms with E-state index in [2.05, 4.69) is 5.16 Å². The Balaban J connectivity index is 1.83. The van der Waals surface area contributed by atoms with E-state index in [-0.39, 0.29) is 33.8 Å². The molecule has 4 aromatic rings. The van der Waals surface area contributed by atoms with Gasteiger partial charge < -0.3 is 13.6 Å². The Morgan fingerprint density at radius 1 is 0.919 bits per heavy atom. The number of nitrogens with zero attached hydrogens (tertiary/aromatic N) is 2. The lowest BCUT2D eigenvalue weighted by Gasteiger charge is -2.28. The molecular formula is C25H25Cl2N2O6PS. The molecule has 4 rings (SSSR count). The highest BCUT2D eigenvalue weighted by molar-refractivity contribution is 7.93. The molecule has 37 heavy (non-hydrogen) atoms. The van der Waals surface area contributed by atoms with Gasteiger partial charge in [0.25, 0.3) is 10.0 Å². The van der Waals surface area contributed by atoms with E-state index < -0.39 is 23.9 Å². The highest BCUT2D eigenvalue weighted by Gasteiger charge is 2.35. The summed E-state index contributed by atoms with van der Waals surface area (Å²) >= 11 is 12.2. The maximum atomic E-state index is 13.9. The van der Waals surface area contributed by atoms with Gasteiger partial charge >= 0.3 is 7.60 Å². The average molecular weight is 583 g/mol. The molecule has 0 saturated carbocycles. The summed E-state index contributed by atoms with van der Waals surface area (Å²) in [4.78, 5) is -0.151. The summed E-state index contributed by atoms with van der Waals surface area (Å²) in [6.45, 7) is 5.29. The molecule has 0 unspecified atom stereocenters. The second-order valence-electron chi connectivity index (χ2n) is 8.12. The predicted molar refractivity (Wildman–Crippen MR) is 146 cm³/mol. The van der Waals surface area contributed by atoms with Crippen LogP contribution in [0.25, 0.3) is 22.0 Å². The third kappa shape index (κ3) is 6.20. The van der Waals surface area contributed by atoms with Crippen LogP contribution < -0.4 is 4.31 Å². The molecule has 8 nitrogen and oxygen atoms in total. The second-order valence-corrected chi connectivity index (χ2v) is 12.9. The van der Waals surface area contributed by atoms with Gasteiger partial charge in [0.2, 0.25) is 0 Å². The molecule has 0 aliphatic carbocycles. The fourth-order valence-electron chi connectivity index (χ4n) is 3.82. The topological polar surface area (TPSA) is 98.9 Å². The van der Waals surface area contributed by atoms with Crippen LogP contribution in [0, 0.1) is 6.92 Å². The molecule has 0 radical (unpaired) electrons. The Bertz CT molecular complexity index is 1560. The summed E-state index contributed by atoms with van der Waals surface area (Å²) in [7, 11) is -8.10. The molecule has 12 heteroatoms. The fraction of sp³-hybridized carbons (Fsp3) is 0.240. The van der Waals surface area contributed by atoms with E-state index in [1.807, 2.05) is 31.2 Å². The maximum Gasteiger partial charge on any atom is 0.350 e. The van der Waals surface area contributed by atoms with Crippen LogP contribution >= 0.6 is 30.8 Å². The Labute approximate surface area is 225 Å². The highest BCUT2D eigenvalue weighted by atomic mass is 35.5. The van der Waals surface area contributed by atoms with Gasteiger partial charge in [0, 0.05) is 21.7 Å². The number of anilines is 1. The lowest BCUT2D eigenvalue weighted by atomic mass is 10.0. The van der Waals surface area contributed by atoms with Crippen LogP contribution in [0.15, 0.2) is 70.1 Å². The number of halogens is 2. The predicted octanol–water partition coefficient (Wildman–Crippen LogP) is 7.53. The minimum absolute atomic E-state index is 0.0795. The van der Waals surface area contributed by atoms with Gasteiger partial charge in [-0.3, -0.25) is 8.87 Å². The Morgan fingerprint density at radius 2 is 1.54 bits per heavy atom. The number of benzene rings is 3. The third-order valence-electron chi connectivity index (χ3n) is 5.41. The van der Waals surface area contributed by atoms with E-state index in [0.717, 1.165) is 20.6 Å². The minimum Gasteiger partial charge on any atom is -0.361 e. The van der Waals surface area contributed by atoms with Gasteiger partial charge in [-0.15, -0.1) is 0 Å². The zero-order chi connectivity index (χ0) is 26.8. The monoisotopic (exact) mass is 582 g/mol. The smallest absolute Gasteiger partial charge is 0.350 e. The lowest BCUT2D eigenvalue weighted by Crippen LogP contribution is -2.33. The van der Waals surface area contributed by atoms with Crippen molar-refractivity contribution in [3.63, 3.8) is 0 Å². The standard InChI is InChI=1S/C25H25Cl2N2O6PS/c1-4-33-36(30,34-5-2)16-29(37(31,32)24-14-21(26)13-22(27)15-24)23-9-8-18-11-20(7-6-19(18)12-23)25-10-17(3)35-28-25/h6-15H,4-5,16H2,1-3H3. The molecule has 0 aliphatic heterocycles. The first kappa shape index (κ1) is 27.6. The van der Waals surface area contributed by atoms with E-state index in [0.29, 0.717) is 11.5 Å². The molecule has 0 N–H and O–H groups in total. The molecule has 0 bridgehead atoms. The number of hydrogen-bond donors (Lipinski definition) is 0. The molecule has 0 aliphatic rings. The fourth-order valence-corrected chi connectivity index (χ4v) is 8.21. The molecular weight excluding hydrogens is 558 g/mol. The largest absolute Gasteiger partial charge is 0.361 e. The third-order valence-corrected chi connectivity index (χ3v) is 9.72. The summed E-state index contributed by atoms with van der Waals surface area (Å²) < 4.78 is 58.2. The van der Waals surface area contributed by atoms with Crippen molar-refractivity contribution in [2.75, 3.05) is 23.8 Å². The van der Waals surface area contributed by atoms with E-state index >= 15 is 0 Å². The molecule has 1 aromatic heterocycles. The van der Waals surface area contributed by atoms with Gasteiger partial charge in [0.05, 0.1) is 23.8 Å². The quantitative estimate of drug-likeness (QED) is 0.178. The molecule has 0 atom stereocenters. The average Bonchev–Trinajstić information content (AvgIpc) is 3.28. The van der Waals surface area contributed by atoms with Crippen molar-refractivity contribution < 1.29 is 26.6 Å². The van der Waals surface area contributed by atoms with Crippen molar-refractivity contribution in [1.29, 1.82) is 0 Å². The van der Waals surface area contributed by atoms with Crippen LogP contribution in [0.4, 0.5) is 5.69 Å². The van der Waals surface area contributed by atoms with Gasteiger partial charge in [-0.2, -0.15) is 0 Å². The molecule has 0 spiro atoms. The van der Waals surface area contributed by atoms with Crippen molar-refractivity contribution in [2.45, 2.75) is 25.7 Å². The summed E-state index contributed by atoms with van der Waals surface area (Å²) in [6, 6.07) is 16.6. The first-order valence-corrected chi connectivity index (χ1v) is 15.3. The molecule has 0 amide bonds. The van der Waals surface area contributed by atoms with E-state index in [9.17, 15) is 13.0 Å². The number of aromatic nitrogens is 1. The minimum atomic E-state index is -4.28. The van der Waals surface area contributed by atoms with Crippen molar-refractivity contribution in [2.24, 2.45) is 0 Å².